The van der Waals surface area contributed by atoms with Gasteiger partial charge in [0, 0.05) is 13.6 Å². The summed E-state index contributed by atoms with van der Waals surface area (Å²) in [6.07, 6.45) is 0. The van der Waals surface area contributed by atoms with Gasteiger partial charge in [0.2, 0.25) is 0 Å². The molecule has 1 atom stereocenters. The van der Waals surface area contributed by atoms with E-state index in [9.17, 15) is 0 Å². The van der Waals surface area contributed by atoms with Crippen molar-refractivity contribution in [2.75, 3.05) is 6.61 Å². The molecule has 2 aromatic rings. The van der Waals surface area contributed by atoms with Crippen LogP contribution in [0.2, 0.25) is 0 Å². The van der Waals surface area contributed by atoms with Crippen LogP contribution in [0, 0.1) is 10.5 Å². The second-order valence-electron chi connectivity index (χ2n) is 4.50. The van der Waals surface area contributed by atoms with E-state index in [4.69, 9.17) is 16.3 Å². The van der Waals surface area contributed by atoms with Crippen LogP contribution in [0.4, 0.5) is 0 Å². The zero-order chi connectivity index (χ0) is 14.7. The van der Waals surface area contributed by atoms with Crippen molar-refractivity contribution in [2.45, 2.75) is 19.2 Å². The summed E-state index contributed by atoms with van der Waals surface area (Å²) in [5.74, 6) is 0.855. The molecule has 0 saturated heterocycles. The third-order valence-electron chi connectivity index (χ3n) is 2.97. The highest BCUT2D eigenvalue weighted by Crippen LogP contribution is 2.38. The SMILES string of the molecule is CCOc1ccc(C)cc1C(Cl)c1cc(Br)ccc1I. The van der Waals surface area contributed by atoms with Gasteiger partial charge in [-0.05, 0) is 66.3 Å². The molecular formula is C16H15BrClIO. The predicted molar refractivity (Wildman–Crippen MR) is 96.9 cm³/mol. The predicted octanol–water partition coefficient (Wildman–Crippen LogP) is 6.09. The molecule has 0 N–H and O–H groups in total. The average Bonchev–Trinajstić information content (AvgIpc) is 2.43. The summed E-state index contributed by atoms with van der Waals surface area (Å²) < 4.78 is 7.89. The van der Waals surface area contributed by atoms with E-state index in [0.29, 0.717) is 6.61 Å². The lowest BCUT2D eigenvalue weighted by atomic mass is 10.0. The molecular weight excluding hydrogens is 450 g/mol. The van der Waals surface area contributed by atoms with Crippen LogP contribution in [0.3, 0.4) is 0 Å². The highest BCUT2D eigenvalue weighted by atomic mass is 127. The van der Waals surface area contributed by atoms with Gasteiger partial charge < -0.3 is 4.74 Å². The zero-order valence-electron chi connectivity index (χ0n) is 11.3. The molecule has 2 aromatic carbocycles. The molecule has 0 aromatic heterocycles. The zero-order valence-corrected chi connectivity index (χ0v) is 15.8. The van der Waals surface area contributed by atoms with E-state index in [1.54, 1.807) is 0 Å². The van der Waals surface area contributed by atoms with Gasteiger partial charge in [0.25, 0.3) is 0 Å². The summed E-state index contributed by atoms with van der Waals surface area (Å²) in [5.41, 5.74) is 3.29. The maximum absolute atomic E-state index is 6.72. The Morgan fingerprint density at radius 3 is 2.65 bits per heavy atom. The normalized spacial score (nSPS) is 12.2. The lowest BCUT2D eigenvalue weighted by Crippen LogP contribution is -2.02. The quantitative estimate of drug-likeness (QED) is 0.392. The molecule has 0 aliphatic carbocycles. The van der Waals surface area contributed by atoms with E-state index >= 15 is 0 Å². The fraction of sp³-hybridized carbons (Fsp3) is 0.250. The molecule has 0 radical (unpaired) electrons. The first-order chi connectivity index (χ1) is 9.52. The largest absolute Gasteiger partial charge is 0.494 e. The average molecular weight is 466 g/mol. The molecule has 106 valence electrons. The molecule has 0 spiro atoms. The van der Waals surface area contributed by atoms with Gasteiger partial charge in [-0.1, -0.05) is 33.6 Å². The molecule has 0 aliphatic heterocycles. The third-order valence-corrected chi connectivity index (χ3v) is 4.92. The van der Waals surface area contributed by atoms with Gasteiger partial charge in [-0.15, -0.1) is 11.6 Å². The van der Waals surface area contributed by atoms with Crippen LogP contribution in [0.25, 0.3) is 0 Å². The summed E-state index contributed by atoms with van der Waals surface area (Å²) in [5, 5.41) is -0.221. The Labute approximate surface area is 146 Å². The van der Waals surface area contributed by atoms with Gasteiger partial charge in [-0.3, -0.25) is 0 Å². The monoisotopic (exact) mass is 464 g/mol. The minimum absolute atomic E-state index is 0.221. The number of rotatable bonds is 4. The van der Waals surface area contributed by atoms with E-state index in [0.717, 1.165) is 24.9 Å². The van der Waals surface area contributed by atoms with Gasteiger partial charge in [-0.25, -0.2) is 0 Å². The number of hydrogen-bond donors (Lipinski definition) is 0. The van der Waals surface area contributed by atoms with Gasteiger partial charge >= 0.3 is 0 Å². The van der Waals surface area contributed by atoms with E-state index in [1.165, 1.54) is 5.56 Å². The highest BCUT2D eigenvalue weighted by Gasteiger charge is 2.18. The smallest absolute Gasteiger partial charge is 0.124 e. The van der Waals surface area contributed by atoms with E-state index in [2.05, 4.69) is 63.6 Å². The molecule has 0 amide bonds. The van der Waals surface area contributed by atoms with Crippen LogP contribution in [-0.2, 0) is 0 Å². The van der Waals surface area contributed by atoms with Crippen molar-refractivity contribution in [3.63, 3.8) is 0 Å². The van der Waals surface area contributed by atoms with Crippen molar-refractivity contribution in [1.29, 1.82) is 0 Å². The number of alkyl halides is 1. The lowest BCUT2D eigenvalue weighted by molar-refractivity contribution is 0.337. The lowest BCUT2D eigenvalue weighted by Gasteiger charge is -2.17. The topological polar surface area (TPSA) is 9.23 Å². The fourth-order valence-electron chi connectivity index (χ4n) is 2.03. The maximum Gasteiger partial charge on any atom is 0.124 e. The van der Waals surface area contributed by atoms with Gasteiger partial charge in [-0.2, -0.15) is 0 Å². The number of halogens is 3. The van der Waals surface area contributed by atoms with Gasteiger partial charge in [0.1, 0.15) is 5.75 Å². The Morgan fingerprint density at radius 1 is 1.20 bits per heavy atom. The Kier molecular flexibility index (Phi) is 5.75. The molecule has 0 saturated carbocycles. The van der Waals surface area contributed by atoms with Crippen molar-refractivity contribution in [3.05, 3.63) is 61.1 Å². The van der Waals surface area contributed by atoms with Crippen LogP contribution in [0.1, 0.15) is 29.0 Å². The highest BCUT2D eigenvalue weighted by molar-refractivity contribution is 14.1. The summed E-state index contributed by atoms with van der Waals surface area (Å²) in [6.45, 7) is 4.68. The van der Waals surface area contributed by atoms with Crippen molar-refractivity contribution in [1.82, 2.24) is 0 Å². The standard InChI is InChI=1S/C16H15BrClIO/c1-3-20-15-7-4-10(2)8-13(15)16(18)12-9-11(17)5-6-14(12)19/h4-9,16H,3H2,1-2H3. The summed E-state index contributed by atoms with van der Waals surface area (Å²) in [6, 6.07) is 12.3. The number of hydrogen-bond acceptors (Lipinski definition) is 1. The number of ether oxygens (including phenoxy) is 1. The molecule has 1 unspecified atom stereocenters. The van der Waals surface area contributed by atoms with Crippen LogP contribution >= 0.6 is 50.1 Å². The molecule has 2 rings (SSSR count). The summed E-state index contributed by atoms with van der Waals surface area (Å²) in [7, 11) is 0. The molecule has 0 fully saturated rings. The van der Waals surface area contributed by atoms with E-state index in [1.807, 2.05) is 25.1 Å². The van der Waals surface area contributed by atoms with Crippen molar-refractivity contribution in [3.8, 4) is 5.75 Å². The summed E-state index contributed by atoms with van der Waals surface area (Å²) >= 11 is 12.5. The van der Waals surface area contributed by atoms with Crippen LogP contribution < -0.4 is 4.74 Å². The first-order valence-electron chi connectivity index (χ1n) is 6.35. The second-order valence-corrected chi connectivity index (χ2v) is 7.02. The Morgan fingerprint density at radius 2 is 1.95 bits per heavy atom. The fourth-order valence-corrected chi connectivity index (χ4v) is 3.59. The third kappa shape index (κ3) is 3.68. The molecule has 4 heteroatoms. The Bertz CT molecular complexity index is 615. The summed E-state index contributed by atoms with van der Waals surface area (Å²) in [4.78, 5) is 0. The van der Waals surface area contributed by atoms with Crippen molar-refractivity contribution < 1.29 is 4.74 Å². The Balaban J connectivity index is 2.49. The minimum atomic E-state index is -0.221. The molecule has 0 heterocycles. The molecule has 20 heavy (non-hydrogen) atoms. The Hall–Kier alpha value is -0.260. The second kappa shape index (κ2) is 7.14. The van der Waals surface area contributed by atoms with Crippen LogP contribution in [0.15, 0.2) is 40.9 Å². The molecule has 1 nitrogen and oxygen atoms in total. The first-order valence-corrected chi connectivity index (χ1v) is 8.66. The number of aryl methyl sites for hydroxylation is 1. The van der Waals surface area contributed by atoms with E-state index in [-0.39, 0.29) is 5.38 Å². The van der Waals surface area contributed by atoms with Crippen LogP contribution in [-0.4, -0.2) is 6.61 Å². The minimum Gasteiger partial charge on any atom is -0.494 e. The maximum atomic E-state index is 6.72. The van der Waals surface area contributed by atoms with Crippen LogP contribution in [0.5, 0.6) is 5.75 Å². The van der Waals surface area contributed by atoms with Gasteiger partial charge in [0.15, 0.2) is 0 Å². The molecule has 0 bridgehead atoms. The van der Waals surface area contributed by atoms with Crippen molar-refractivity contribution in [2.24, 2.45) is 0 Å². The van der Waals surface area contributed by atoms with Gasteiger partial charge in [0.05, 0.1) is 12.0 Å². The first kappa shape index (κ1) is 16.1. The number of benzene rings is 2. The molecule has 0 aliphatic rings. The van der Waals surface area contributed by atoms with Crippen molar-refractivity contribution >= 4 is 50.1 Å². The van der Waals surface area contributed by atoms with E-state index < -0.39 is 0 Å².